The summed E-state index contributed by atoms with van der Waals surface area (Å²) < 4.78 is 5.74. The second-order valence-corrected chi connectivity index (χ2v) is 7.12. The highest BCUT2D eigenvalue weighted by Gasteiger charge is 2.26. The van der Waals surface area contributed by atoms with Crippen LogP contribution in [0.25, 0.3) is 0 Å². The molecule has 1 aliphatic rings. The quantitative estimate of drug-likeness (QED) is 0.750. The molecule has 0 bridgehead atoms. The number of amides is 3. The lowest BCUT2D eigenvalue weighted by atomic mass is 10.1. The Balaban J connectivity index is 1.49. The van der Waals surface area contributed by atoms with Gasteiger partial charge >= 0.3 is 11.8 Å². The van der Waals surface area contributed by atoms with Crippen LogP contribution in [0.2, 0.25) is 5.02 Å². The number of nitrogens with one attached hydrogen (secondary N) is 2. The zero-order valence-electron chi connectivity index (χ0n) is 16.0. The summed E-state index contributed by atoms with van der Waals surface area (Å²) in [7, 11) is 0. The molecule has 7 nitrogen and oxygen atoms in total. The van der Waals surface area contributed by atoms with Gasteiger partial charge in [0, 0.05) is 17.3 Å². The summed E-state index contributed by atoms with van der Waals surface area (Å²) in [6, 6.07) is 14.6. The van der Waals surface area contributed by atoms with Crippen molar-refractivity contribution in [2.75, 3.05) is 31.6 Å². The molecule has 1 saturated heterocycles. The van der Waals surface area contributed by atoms with Gasteiger partial charge in [-0.3, -0.25) is 14.4 Å². The number of anilines is 1. The first-order chi connectivity index (χ1) is 13.9. The van der Waals surface area contributed by atoms with Gasteiger partial charge in [0.2, 0.25) is 5.91 Å². The minimum Gasteiger partial charge on any atom is -0.370 e. The van der Waals surface area contributed by atoms with Crippen LogP contribution in [0.5, 0.6) is 0 Å². The average Bonchev–Trinajstić information content (AvgIpc) is 2.75. The van der Waals surface area contributed by atoms with Crippen molar-refractivity contribution < 1.29 is 19.1 Å². The second-order valence-electron chi connectivity index (χ2n) is 6.71. The molecule has 3 rings (SSSR count). The first kappa shape index (κ1) is 20.8. The molecule has 1 heterocycles. The minimum absolute atomic E-state index is 0.209. The fourth-order valence-electron chi connectivity index (χ4n) is 2.95. The number of morpholine rings is 1. The molecule has 0 saturated carbocycles. The Morgan fingerprint density at radius 2 is 1.90 bits per heavy atom. The van der Waals surface area contributed by atoms with E-state index in [1.807, 2.05) is 37.3 Å². The number of carbonyl (C=O) groups excluding carboxylic acids is 3. The maximum Gasteiger partial charge on any atom is 0.313 e. The number of benzene rings is 2. The fourth-order valence-corrected chi connectivity index (χ4v) is 3.13. The number of hydrogen-bond donors (Lipinski definition) is 2. The molecule has 1 aliphatic heterocycles. The molecule has 2 aromatic rings. The van der Waals surface area contributed by atoms with Crippen LogP contribution >= 0.6 is 11.6 Å². The second kappa shape index (κ2) is 9.54. The van der Waals surface area contributed by atoms with Gasteiger partial charge in [-0.15, -0.1) is 0 Å². The van der Waals surface area contributed by atoms with Gasteiger partial charge in [-0.25, -0.2) is 0 Å². The molecule has 29 heavy (non-hydrogen) atoms. The molecule has 152 valence electrons. The van der Waals surface area contributed by atoms with Gasteiger partial charge in [-0.2, -0.15) is 0 Å². The van der Waals surface area contributed by atoms with Crippen LogP contribution in [0, 0.1) is 6.92 Å². The predicted molar refractivity (Wildman–Crippen MR) is 110 cm³/mol. The van der Waals surface area contributed by atoms with E-state index in [0.29, 0.717) is 30.4 Å². The van der Waals surface area contributed by atoms with Crippen LogP contribution in [0.3, 0.4) is 0 Å². The molecule has 1 fully saturated rings. The Morgan fingerprint density at radius 3 is 2.62 bits per heavy atom. The number of aryl methyl sites for hydroxylation is 1. The van der Waals surface area contributed by atoms with Crippen molar-refractivity contribution in [2.24, 2.45) is 0 Å². The lowest BCUT2D eigenvalue weighted by Crippen LogP contribution is -2.48. The number of nitrogens with zero attached hydrogens (tertiary/aromatic N) is 1. The normalized spacial score (nSPS) is 16.2. The smallest absolute Gasteiger partial charge is 0.313 e. The van der Waals surface area contributed by atoms with Crippen LogP contribution in [0.1, 0.15) is 17.2 Å². The summed E-state index contributed by atoms with van der Waals surface area (Å²) in [6.07, 6.45) is -0.209. The molecule has 3 amide bonds. The van der Waals surface area contributed by atoms with E-state index in [1.54, 1.807) is 23.1 Å². The van der Waals surface area contributed by atoms with Crippen molar-refractivity contribution in [2.45, 2.75) is 13.0 Å². The summed E-state index contributed by atoms with van der Waals surface area (Å²) in [5.41, 5.74) is 2.26. The van der Waals surface area contributed by atoms with Crippen LogP contribution in [0.4, 0.5) is 5.69 Å². The van der Waals surface area contributed by atoms with Gasteiger partial charge in [0.1, 0.15) is 6.10 Å². The van der Waals surface area contributed by atoms with Crippen molar-refractivity contribution in [3.63, 3.8) is 0 Å². The number of ether oxygens (including phenoxy) is 1. The number of rotatable bonds is 4. The summed E-state index contributed by atoms with van der Waals surface area (Å²) in [4.78, 5) is 38.1. The van der Waals surface area contributed by atoms with Gasteiger partial charge in [0.25, 0.3) is 0 Å². The molecule has 0 spiro atoms. The Kier molecular flexibility index (Phi) is 6.85. The van der Waals surface area contributed by atoms with E-state index in [1.165, 1.54) is 0 Å². The fraction of sp³-hybridized carbons (Fsp3) is 0.286. The molecular formula is C21H22ClN3O4. The van der Waals surface area contributed by atoms with Gasteiger partial charge in [0.15, 0.2) is 0 Å². The van der Waals surface area contributed by atoms with Gasteiger partial charge < -0.3 is 20.3 Å². The highest BCUT2D eigenvalue weighted by Crippen LogP contribution is 2.22. The van der Waals surface area contributed by atoms with Crippen LogP contribution in [-0.4, -0.2) is 48.9 Å². The largest absolute Gasteiger partial charge is 0.370 e. The molecule has 2 N–H and O–H groups in total. The molecular weight excluding hydrogens is 394 g/mol. The van der Waals surface area contributed by atoms with E-state index in [9.17, 15) is 14.4 Å². The van der Waals surface area contributed by atoms with E-state index in [0.717, 1.165) is 11.1 Å². The molecule has 1 unspecified atom stereocenters. The van der Waals surface area contributed by atoms with E-state index in [2.05, 4.69) is 10.6 Å². The molecule has 8 heteroatoms. The lowest BCUT2D eigenvalue weighted by Gasteiger charge is -2.33. The summed E-state index contributed by atoms with van der Waals surface area (Å²) >= 11 is 6.01. The first-order valence-corrected chi connectivity index (χ1v) is 9.61. The predicted octanol–water partition coefficient (Wildman–Crippen LogP) is 2.30. The highest BCUT2D eigenvalue weighted by atomic mass is 35.5. The van der Waals surface area contributed by atoms with E-state index in [4.69, 9.17) is 16.3 Å². The lowest BCUT2D eigenvalue weighted by molar-refractivity contribution is -0.141. The Hall–Kier alpha value is -2.90. The monoisotopic (exact) mass is 415 g/mol. The van der Waals surface area contributed by atoms with Gasteiger partial charge in [-0.1, -0.05) is 48.0 Å². The zero-order chi connectivity index (χ0) is 20.8. The number of carbonyl (C=O) groups is 3. The van der Waals surface area contributed by atoms with Crippen molar-refractivity contribution in [3.05, 3.63) is 64.7 Å². The Morgan fingerprint density at radius 1 is 1.14 bits per heavy atom. The van der Waals surface area contributed by atoms with E-state index in [-0.39, 0.29) is 18.6 Å². The van der Waals surface area contributed by atoms with Crippen molar-refractivity contribution >= 4 is 35.0 Å². The number of hydrogen-bond acceptors (Lipinski definition) is 4. The molecule has 1 atom stereocenters. The Labute approximate surface area is 174 Å². The van der Waals surface area contributed by atoms with Gasteiger partial charge in [0.05, 0.1) is 19.7 Å². The van der Waals surface area contributed by atoms with Crippen molar-refractivity contribution in [1.82, 2.24) is 10.2 Å². The molecule has 0 aliphatic carbocycles. The van der Waals surface area contributed by atoms with Crippen LogP contribution in [0.15, 0.2) is 48.5 Å². The standard InChI is InChI=1S/C21H22ClN3O4/c1-14-7-8-16(11-17(14)22)24-21(28)20(27)23-12-19(26)25-9-10-29-18(13-25)15-5-3-2-4-6-15/h2-8,11,18H,9-10,12-13H2,1H3,(H,23,27)(H,24,28). The number of halogens is 1. The summed E-state index contributed by atoms with van der Waals surface area (Å²) in [6.45, 7) is 2.81. The minimum atomic E-state index is -0.886. The molecule has 2 aromatic carbocycles. The SMILES string of the molecule is Cc1ccc(NC(=O)C(=O)NCC(=O)N2CCOC(c3ccccc3)C2)cc1Cl. The average molecular weight is 416 g/mol. The third kappa shape index (κ3) is 5.56. The third-order valence-corrected chi connectivity index (χ3v) is 5.03. The van der Waals surface area contributed by atoms with Gasteiger partial charge in [-0.05, 0) is 30.2 Å². The molecule has 0 aromatic heterocycles. The van der Waals surface area contributed by atoms with Crippen molar-refractivity contribution in [3.8, 4) is 0 Å². The van der Waals surface area contributed by atoms with E-state index >= 15 is 0 Å². The van der Waals surface area contributed by atoms with Crippen LogP contribution < -0.4 is 10.6 Å². The zero-order valence-corrected chi connectivity index (χ0v) is 16.7. The van der Waals surface area contributed by atoms with Crippen molar-refractivity contribution in [1.29, 1.82) is 0 Å². The first-order valence-electron chi connectivity index (χ1n) is 9.23. The topological polar surface area (TPSA) is 87.7 Å². The maximum absolute atomic E-state index is 12.4. The Bertz CT molecular complexity index is 904. The summed E-state index contributed by atoms with van der Waals surface area (Å²) in [5.74, 6) is -2.02. The molecule has 0 radical (unpaired) electrons. The maximum atomic E-state index is 12.4. The van der Waals surface area contributed by atoms with E-state index < -0.39 is 11.8 Å². The summed E-state index contributed by atoms with van der Waals surface area (Å²) in [5, 5.41) is 5.31. The third-order valence-electron chi connectivity index (χ3n) is 4.63. The van der Waals surface area contributed by atoms with Crippen LogP contribution in [-0.2, 0) is 19.1 Å². The highest BCUT2D eigenvalue weighted by molar-refractivity contribution is 6.40.